The maximum Gasteiger partial charge on any atom is 0.338 e. The fraction of sp³-hybridized carbons (Fsp3) is 0.600. The molecule has 0 spiro atoms. The third kappa shape index (κ3) is 6.61. The van der Waals surface area contributed by atoms with Gasteiger partial charge in [-0.3, -0.25) is 4.79 Å². The summed E-state index contributed by atoms with van der Waals surface area (Å²) in [5.41, 5.74) is 0.210. The molecule has 2 rings (SSSR count). The lowest BCUT2D eigenvalue weighted by molar-refractivity contribution is -0.124. The first-order valence-electron chi connectivity index (χ1n) is 9.37. The van der Waals surface area contributed by atoms with Crippen molar-refractivity contribution >= 4 is 23.5 Å². The van der Waals surface area contributed by atoms with E-state index in [2.05, 4.69) is 19.2 Å². The molecule has 0 heterocycles. The summed E-state index contributed by atoms with van der Waals surface area (Å²) in [6.45, 7) is 4.38. The predicted octanol–water partition coefficient (Wildman–Crippen LogP) is 3.99. The molecule has 0 saturated heterocycles. The van der Waals surface area contributed by atoms with E-state index in [0.29, 0.717) is 24.0 Å². The highest BCUT2D eigenvalue weighted by molar-refractivity contribution is 6.32. The molecule has 1 aliphatic carbocycles. The maximum absolute atomic E-state index is 12.3. The van der Waals surface area contributed by atoms with E-state index in [4.69, 9.17) is 25.8 Å². The SMILES string of the molecule is COc1cc(C(=O)OCC(=O)NC2CCCC2)cc(Cl)c1OCCC(C)C. The van der Waals surface area contributed by atoms with Crippen molar-refractivity contribution in [3.8, 4) is 11.5 Å². The van der Waals surface area contributed by atoms with Crippen molar-refractivity contribution in [1.82, 2.24) is 5.32 Å². The number of methoxy groups -OCH3 is 1. The molecule has 1 aromatic carbocycles. The van der Waals surface area contributed by atoms with Crippen LogP contribution in [0.15, 0.2) is 12.1 Å². The Morgan fingerprint density at radius 1 is 1.26 bits per heavy atom. The van der Waals surface area contributed by atoms with E-state index in [1.54, 1.807) is 0 Å². The number of carbonyl (C=O) groups excluding carboxylic acids is 2. The largest absolute Gasteiger partial charge is 0.493 e. The molecule has 27 heavy (non-hydrogen) atoms. The molecule has 6 nitrogen and oxygen atoms in total. The minimum Gasteiger partial charge on any atom is -0.493 e. The molecule has 0 aromatic heterocycles. The lowest BCUT2D eigenvalue weighted by Gasteiger charge is -2.15. The van der Waals surface area contributed by atoms with Gasteiger partial charge in [0, 0.05) is 6.04 Å². The number of esters is 1. The van der Waals surface area contributed by atoms with E-state index in [1.807, 2.05) is 0 Å². The molecule has 1 aliphatic rings. The van der Waals surface area contributed by atoms with E-state index in [9.17, 15) is 9.59 Å². The zero-order valence-electron chi connectivity index (χ0n) is 16.2. The van der Waals surface area contributed by atoms with Crippen LogP contribution in [0.5, 0.6) is 11.5 Å². The second-order valence-electron chi connectivity index (χ2n) is 7.15. The first-order valence-corrected chi connectivity index (χ1v) is 9.75. The molecule has 0 radical (unpaired) electrons. The van der Waals surface area contributed by atoms with Gasteiger partial charge >= 0.3 is 5.97 Å². The number of nitrogens with one attached hydrogen (secondary N) is 1. The van der Waals surface area contributed by atoms with Gasteiger partial charge in [0.05, 0.1) is 24.3 Å². The highest BCUT2D eigenvalue weighted by atomic mass is 35.5. The summed E-state index contributed by atoms with van der Waals surface area (Å²) in [5.74, 6) is 0.329. The summed E-state index contributed by atoms with van der Waals surface area (Å²) >= 11 is 6.26. The second kappa shape index (κ2) is 10.4. The van der Waals surface area contributed by atoms with Gasteiger partial charge in [0.1, 0.15) is 0 Å². The van der Waals surface area contributed by atoms with Gasteiger partial charge in [-0.15, -0.1) is 0 Å². The number of carbonyl (C=O) groups is 2. The van der Waals surface area contributed by atoms with E-state index >= 15 is 0 Å². The lowest BCUT2D eigenvalue weighted by atomic mass is 10.1. The standard InChI is InChI=1S/C20H28ClNO5/c1-13(2)8-9-26-19-16(21)10-14(11-17(19)25-3)20(24)27-12-18(23)22-15-6-4-5-7-15/h10-11,13,15H,4-9,12H2,1-3H3,(H,22,23). The Morgan fingerprint density at radius 3 is 2.59 bits per heavy atom. The number of hydrogen-bond donors (Lipinski definition) is 1. The molecule has 1 saturated carbocycles. The van der Waals surface area contributed by atoms with Crippen LogP contribution >= 0.6 is 11.6 Å². The van der Waals surface area contributed by atoms with Gasteiger partial charge in [0.25, 0.3) is 5.91 Å². The topological polar surface area (TPSA) is 73.9 Å². The quantitative estimate of drug-likeness (QED) is 0.638. The van der Waals surface area contributed by atoms with Crippen molar-refractivity contribution in [3.63, 3.8) is 0 Å². The maximum atomic E-state index is 12.3. The van der Waals surface area contributed by atoms with Crippen molar-refractivity contribution in [3.05, 3.63) is 22.7 Å². The van der Waals surface area contributed by atoms with E-state index in [1.165, 1.54) is 19.2 Å². The highest BCUT2D eigenvalue weighted by Gasteiger charge is 2.20. The molecular weight excluding hydrogens is 370 g/mol. The zero-order chi connectivity index (χ0) is 19.8. The number of halogens is 1. The summed E-state index contributed by atoms with van der Waals surface area (Å²) in [6.07, 6.45) is 5.07. The Bertz CT molecular complexity index is 656. The van der Waals surface area contributed by atoms with E-state index < -0.39 is 5.97 Å². The van der Waals surface area contributed by atoms with Crippen molar-refractivity contribution in [1.29, 1.82) is 0 Å². The van der Waals surface area contributed by atoms with Crippen LogP contribution in [-0.2, 0) is 9.53 Å². The Kier molecular flexibility index (Phi) is 8.23. The second-order valence-corrected chi connectivity index (χ2v) is 7.55. The molecule has 0 aliphatic heterocycles. The number of rotatable bonds is 9. The summed E-state index contributed by atoms with van der Waals surface area (Å²) in [5, 5.41) is 3.14. The first-order chi connectivity index (χ1) is 12.9. The average Bonchev–Trinajstić information content (AvgIpc) is 3.13. The third-order valence-electron chi connectivity index (χ3n) is 4.46. The fourth-order valence-electron chi connectivity index (χ4n) is 2.93. The molecule has 1 amide bonds. The van der Waals surface area contributed by atoms with E-state index in [-0.39, 0.29) is 29.1 Å². The molecule has 150 valence electrons. The summed E-state index contributed by atoms with van der Waals surface area (Å²) in [4.78, 5) is 24.2. The van der Waals surface area contributed by atoms with Crippen LogP contribution < -0.4 is 14.8 Å². The van der Waals surface area contributed by atoms with E-state index in [0.717, 1.165) is 32.1 Å². The highest BCUT2D eigenvalue weighted by Crippen LogP contribution is 2.36. The number of amides is 1. The molecular formula is C20H28ClNO5. The summed E-state index contributed by atoms with van der Waals surface area (Å²) in [6, 6.07) is 3.16. The van der Waals surface area contributed by atoms with Crippen LogP contribution in [0.1, 0.15) is 56.3 Å². The normalized spacial score (nSPS) is 14.3. The van der Waals surface area contributed by atoms with Crippen molar-refractivity contribution < 1.29 is 23.8 Å². The Labute approximate surface area is 165 Å². The van der Waals surface area contributed by atoms with Gasteiger partial charge in [-0.25, -0.2) is 4.79 Å². The fourth-order valence-corrected chi connectivity index (χ4v) is 3.19. The average molecular weight is 398 g/mol. The van der Waals surface area contributed by atoms with Gasteiger partial charge in [-0.05, 0) is 37.3 Å². The molecule has 0 atom stereocenters. The Morgan fingerprint density at radius 2 is 1.96 bits per heavy atom. The van der Waals surface area contributed by atoms with Gasteiger partial charge in [-0.2, -0.15) is 0 Å². The van der Waals surface area contributed by atoms with Crippen molar-refractivity contribution in [2.24, 2.45) is 5.92 Å². The first kappa shape index (κ1) is 21.4. The van der Waals surface area contributed by atoms with Crippen LogP contribution in [-0.4, -0.2) is 38.2 Å². The number of ether oxygens (including phenoxy) is 3. The summed E-state index contributed by atoms with van der Waals surface area (Å²) in [7, 11) is 1.48. The molecule has 7 heteroatoms. The monoisotopic (exact) mass is 397 g/mol. The molecule has 0 bridgehead atoms. The summed E-state index contributed by atoms with van der Waals surface area (Å²) < 4.78 is 16.1. The van der Waals surface area contributed by atoms with Gasteiger partial charge in [0.15, 0.2) is 18.1 Å². The van der Waals surface area contributed by atoms with Crippen molar-refractivity contribution in [2.45, 2.75) is 52.0 Å². The van der Waals surface area contributed by atoms with Crippen LogP contribution in [0.3, 0.4) is 0 Å². The smallest absolute Gasteiger partial charge is 0.338 e. The van der Waals surface area contributed by atoms with Gasteiger partial charge < -0.3 is 19.5 Å². The van der Waals surface area contributed by atoms with Crippen LogP contribution in [0, 0.1) is 5.92 Å². The van der Waals surface area contributed by atoms with Gasteiger partial charge in [0.2, 0.25) is 0 Å². The van der Waals surface area contributed by atoms with Crippen LogP contribution in [0.25, 0.3) is 0 Å². The molecule has 1 fully saturated rings. The van der Waals surface area contributed by atoms with Crippen LogP contribution in [0.2, 0.25) is 5.02 Å². The third-order valence-corrected chi connectivity index (χ3v) is 4.74. The molecule has 1 N–H and O–H groups in total. The Hall–Kier alpha value is -1.95. The lowest BCUT2D eigenvalue weighted by Crippen LogP contribution is -2.35. The number of hydrogen-bond acceptors (Lipinski definition) is 5. The molecule has 1 aromatic rings. The minimum atomic E-state index is -0.634. The van der Waals surface area contributed by atoms with Crippen LogP contribution in [0.4, 0.5) is 0 Å². The van der Waals surface area contributed by atoms with Crippen molar-refractivity contribution in [2.75, 3.05) is 20.3 Å². The minimum absolute atomic E-state index is 0.188. The Balaban J connectivity index is 1.94. The zero-order valence-corrected chi connectivity index (χ0v) is 16.9. The number of benzene rings is 1. The van der Waals surface area contributed by atoms with Gasteiger partial charge in [-0.1, -0.05) is 38.3 Å². The molecule has 0 unspecified atom stereocenters. The predicted molar refractivity (Wildman–Crippen MR) is 104 cm³/mol.